The van der Waals surface area contributed by atoms with Crippen LogP contribution in [0.5, 0.6) is 0 Å². The molecule has 0 spiro atoms. The average Bonchev–Trinajstić information content (AvgIpc) is 2.65. The Hall–Kier alpha value is -2.11. The van der Waals surface area contributed by atoms with Crippen LogP contribution in [0.2, 0.25) is 0 Å². The molecule has 1 aliphatic heterocycles. The Kier molecular flexibility index (Phi) is 4.86. The molecule has 1 aromatic rings. The van der Waals surface area contributed by atoms with E-state index in [1.165, 1.54) is 6.07 Å². The molecular formula is C17H24BN3O4. The van der Waals surface area contributed by atoms with Gasteiger partial charge in [0, 0.05) is 5.69 Å². The molecule has 0 atom stereocenters. The molecule has 1 aromatic heterocycles. The van der Waals surface area contributed by atoms with Crippen molar-refractivity contribution in [3.8, 4) is 6.07 Å². The van der Waals surface area contributed by atoms with Gasteiger partial charge < -0.3 is 14.0 Å². The zero-order valence-electron chi connectivity index (χ0n) is 15.8. The van der Waals surface area contributed by atoms with Crippen molar-refractivity contribution in [2.45, 2.75) is 65.3 Å². The van der Waals surface area contributed by atoms with Crippen molar-refractivity contribution in [2.75, 3.05) is 5.32 Å². The van der Waals surface area contributed by atoms with Crippen LogP contribution in [0.15, 0.2) is 12.1 Å². The zero-order valence-corrected chi connectivity index (χ0v) is 15.8. The minimum atomic E-state index is -0.725. The summed E-state index contributed by atoms with van der Waals surface area (Å²) in [5.41, 5.74) is -0.710. The summed E-state index contributed by atoms with van der Waals surface area (Å²) in [7, 11) is -0.725. The number of hydrogen-bond donors (Lipinski definition) is 1. The van der Waals surface area contributed by atoms with E-state index in [2.05, 4.69) is 10.3 Å². The number of nitriles is 1. The minimum absolute atomic E-state index is 0.151. The fourth-order valence-electron chi connectivity index (χ4n) is 2.19. The van der Waals surface area contributed by atoms with Gasteiger partial charge in [-0.1, -0.05) is 0 Å². The molecule has 0 unspecified atom stereocenters. The first-order valence-electron chi connectivity index (χ1n) is 8.11. The lowest BCUT2D eigenvalue weighted by atomic mass is 9.83. The molecule has 1 saturated heterocycles. The van der Waals surface area contributed by atoms with E-state index in [1.54, 1.807) is 26.8 Å². The predicted octanol–water partition coefficient (Wildman–Crippen LogP) is 2.60. The van der Waals surface area contributed by atoms with Crippen molar-refractivity contribution >= 4 is 24.5 Å². The van der Waals surface area contributed by atoms with Crippen LogP contribution in [-0.4, -0.2) is 35.0 Å². The molecule has 1 fully saturated rings. The molecule has 0 saturated carbocycles. The van der Waals surface area contributed by atoms with E-state index in [4.69, 9.17) is 14.0 Å². The van der Waals surface area contributed by atoms with Crippen LogP contribution < -0.4 is 10.9 Å². The maximum absolute atomic E-state index is 12.0. The molecule has 0 radical (unpaired) electrons. The Balaban J connectivity index is 2.27. The molecule has 25 heavy (non-hydrogen) atoms. The Morgan fingerprint density at radius 1 is 1.24 bits per heavy atom. The predicted molar refractivity (Wildman–Crippen MR) is 94.5 cm³/mol. The maximum atomic E-state index is 12.0. The lowest BCUT2D eigenvalue weighted by Gasteiger charge is -2.32. The summed E-state index contributed by atoms with van der Waals surface area (Å²) < 4.78 is 17.1. The number of aromatic nitrogens is 1. The highest BCUT2D eigenvalue weighted by molar-refractivity contribution is 6.61. The van der Waals surface area contributed by atoms with Gasteiger partial charge >= 0.3 is 13.2 Å². The van der Waals surface area contributed by atoms with Crippen molar-refractivity contribution in [1.29, 1.82) is 5.26 Å². The largest absolute Gasteiger partial charge is 0.514 e. The second kappa shape index (κ2) is 6.32. The first-order valence-corrected chi connectivity index (χ1v) is 8.11. The molecular weight excluding hydrogens is 321 g/mol. The fourth-order valence-corrected chi connectivity index (χ4v) is 2.19. The molecule has 2 rings (SSSR count). The van der Waals surface area contributed by atoms with Crippen LogP contribution in [0.1, 0.15) is 54.2 Å². The normalized spacial score (nSPS) is 18.6. The number of carbonyl (C=O) groups excluding carboxylic acids is 1. The SMILES string of the molecule is CC(C)(C)OC(=O)Nc1cc(C#N)nc(B2OC(C)(C)C(C)(C)O2)c1. The van der Waals surface area contributed by atoms with E-state index in [-0.39, 0.29) is 5.69 Å². The lowest BCUT2D eigenvalue weighted by Crippen LogP contribution is -2.41. The summed E-state index contributed by atoms with van der Waals surface area (Å²) in [6, 6.07) is 5.07. The monoisotopic (exact) mass is 345 g/mol. The summed E-state index contributed by atoms with van der Waals surface area (Å²) in [5.74, 6) is 0. The molecule has 0 aliphatic carbocycles. The zero-order chi connectivity index (χ0) is 19.0. The average molecular weight is 345 g/mol. The standard InChI is InChI=1S/C17H24BN3O4/c1-15(2,3)23-14(22)21-11-8-12(10-19)20-13(9-11)18-24-16(4,5)17(6,7)25-18/h8-9H,1-7H3,(H,20,21,22). The summed E-state index contributed by atoms with van der Waals surface area (Å²) in [5, 5.41) is 11.8. The number of pyridine rings is 1. The van der Waals surface area contributed by atoms with Gasteiger partial charge in [0.2, 0.25) is 0 Å². The highest BCUT2D eigenvalue weighted by Gasteiger charge is 2.52. The number of hydrogen-bond acceptors (Lipinski definition) is 6. The van der Waals surface area contributed by atoms with Gasteiger partial charge in [-0.05, 0) is 60.6 Å². The highest BCUT2D eigenvalue weighted by atomic mass is 16.7. The Labute approximate surface area is 148 Å². The second-order valence-corrected chi connectivity index (χ2v) is 7.99. The van der Waals surface area contributed by atoms with Gasteiger partial charge in [0.15, 0.2) is 0 Å². The lowest BCUT2D eigenvalue weighted by molar-refractivity contribution is 0.00578. The Bertz CT molecular complexity index is 704. The van der Waals surface area contributed by atoms with Crippen molar-refractivity contribution in [3.63, 3.8) is 0 Å². The van der Waals surface area contributed by atoms with E-state index < -0.39 is 30.0 Å². The van der Waals surface area contributed by atoms with Gasteiger partial charge in [0.25, 0.3) is 0 Å². The molecule has 7 nitrogen and oxygen atoms in total. The van der Waals surface area contributed by atoms with Crippen LogP contribution in [-0.2, 0) is 14.0 Å². The molecule has 0 aromatic carbocycles. The number of ether oxygens (including phenoxy) is 1. The molecule has 8 heteroatoms. The van der Waals surface area contributed by atoms with Gasteiger partial charge in [0.05, 0.1) is 16.8 Å². The molecule has 1 amide bonds. The number of amides is 1. The minimum Gasteiger partial charge on any atom is -0.444 e. The first-order chi connectivity index (χ1) is 11.3. The third kappa shape index (κ3) is 4.50. The third-order valence-electron chi connectivity index (χ3n) is 4.10. The second-order valence-electron chi connectivity index (χ2n) is 7.99. The van der Waals surface area contributed by atoms with Crippen molar-refractivity contribution < 1.29 is 18.8 Å². The van der Waals surface area contributed by atoms with Gasteiger partial charge in [-0.2, -0.15) is 5.26 Å². The number of rotatable bonds is 2. The van der Waals surface area contributed by atoms with E-state index >= 15 is 0 Å². The molecule has 1 N–H and O–H groups in total. The maximum Gasteiger partial charge on any atom is 0.514 e. The van der Waals surface area contributed by atoms with Gasteiger partial charge in [-0.15, -0.1) is 0 Å². The fraction of sp³-hybridized carbons (Fsp3) is 0.588. The van der Waals surface area contributed by atoms with E-state index in [0.717, 1.165) is 0 Å². The van der Waals surface area contributed by atoms with Crippen LogP contribution in [0, 0.1) is 11.3 Å². The van der Waals surface area contributed by atoms with Crippen molar-refractivity contribution in [1.82, 2.24) is 4.98 Å². The number of nitrogens with one attached hydrogen (secondary N) is 1. The van der Waals surface area contributed by atoms with E-state index in [0.29, 0.717) is 11.3 Å². The van der Waals surface area contributed by atoms with Gasteiger partial charge in [-0.25, -0.2) is 9.78 Å². The smallest absolute Gasteiger partial charge is 0.444 e. The molecule has 0 bridgehead atoms. The summed E-state index contributed by atoms with van der Waals surface area (Å²) >= 11 is 0. The van der Waals surface area contributed by atoms with Crippen LogP contribution in [0.4, 0.5) is 10.5 Å². The summed E-state index contributed by atoms with van der Waals surface area (Å²) in [4.78, 5) is 16.2. The van der Waals surface area contributed by atoms with Crippen LogP contribution in [0.25, 0.3) is 0 Å². The highest BCUT2D eigenvalue weighted by Crippen LogP contribution is 2.36. The van der Waals surface area contributed by atoms with Crippen LogP contribution >= 0.6 is 0 Å². The third-order valence-corrected chi connectivity index (χ3v) is 4.10. The van der Waals surface area contributed by atoms with E-state index in [1.807, 2.05) is 33.8 Å². The quantitative estimate of drug-likeness (QED) is 0.828. The Morgan fingerprint density at radius 2 is 1.80 bits per heavy atom. The molecule has 1 aliphatic rings. The van der Waals surface area contributed by atoms with Crippen molar-refractivity contribution in [3.05, 3.63) is 17.8 Å². The topological polar surface area (TPSA) is 93.5 Å². The number of carbonyl (C=O) groups is 1. The summed E-state index contributed by atoms with van der Waals surface area (Å²) in [6.45, 7) is 13.0. The number of anilines is 1. The first kappa shape index (κ1) is 19.2. The van der Waals surface area contributed by atoms with Crippen LogP contribution in [0.3, 0.4) is 0 Å². The Morgan fingerprint density at radius 3 is 2.28 bits per heavy atom. The number of nitrogens with zero attached hydrogens (tertiary/aromatic N) is 2. The van der Waals surface area contributed by atoms with Gasteiger partial charge in [0.1, 0.15) is 17.4 Å². The van der Waals surface area contributed by atoms with E-state index in [9.17, 15) is 10.1 Å². The van der Waals surface area contributed by atoms with Gasteiger partial charge in [-0.3, -0.25) is 5.32 Å². The molecule has 134 valence electrons. The summed E-state index contributed by atoms with van der Waals surface area (Å²) in [6.07, 6.45) is -0.609. The van der Waals surface area contributed by atoms with Crippen molar-refractivity contribution in [2.24, 2.45) is 0 Å². The molecule has 2 heterocycles.